The van der Waals surface area contributed by atoms with E-state index in [-0.39, 0.29) is 29.1 Å². The third-order valence-corrected chi connectivity index (χ3v) is 3.60. The van der Waals surface area contributed by atoms with E-state index in [1.807, 2.05) is 6.07 Å². The highest BCUT2D eigenvalue weighted by atomic mass is 32.2. The molecule has 1 aromatic carbocycles. The summed E-state index contributed by atoms with van der Waals surface area (Å²) in [6.45, 7) is 0.374. The van der Waals surface area contributed by atoms with Crippen molar-refractivity contribution in [1.82, 2.24) is 5.32 Å². The lowest BCUT2D eigenvalue weighted by Crippen LogP contribution is -2.64. The topological polar surface area (TPSA) is 73.2 Å². The maximum Gasteiger partial charge on any atom is 0.251 e. The van der Waals surface area contributed by atoms with Gasteiger partial charge >= 0.3 is 0 Å². The Kier molecular flexibility index (Phi) is 4.58. The molecule has 7 heteroatoms. The van der Waals surface area contributed by atoms with Crippen LogP contribution in [0.15, 0.2) is 24.3 Å². The van der Waals surface area contributed by atoms with Gasteiger partial charge in [0, 0.05) is 5.69 Å². The Bertz CT molecular complexity index is 556. The van der Waals surface area contributed by atoms with Crippen molar-refractivity contribution < 1.29 is 14.0 Å². The Hall–Kier alpha value is -2.07. The van der Waals surface area contributed by atoms with Crippen LogP contribution in [0, 0.1) is 17.1 Å². The number of nitrogens with zero attached hydrogens (tertiary/aromatic N) is 2. The summed E-state index contributed by atoms with van der Waals surface area (Å²) < 4.78 is 12.8. The fraction of sp³-hybridized carbons (Fsp3) is 0.308. The second kappa shape index (κ2) is 6.39. The molecule has 1 aromatic rings. The maximum atomic E-state index is 12.8. The van der Waals surface area contributed by atoms with Gasteiger partial charge in [-0.05, 0) is 24.3 Å². The molecule has 0 aliphatic carbocycles. The molecule has 0 saturated carbocycles. The second-order valence-corrected chi connectivity index (χ2v) is 5.18. The zero-order chi connectivity index (χ0) is 14.5. The molecule has 0 radical (unpaired) electrons. The van der Waals surface area contributed by atoms with Crippen molar-refractivity contribution >= 4 is 29.3 Å². The monoisotopic (exact) mass is 293 g/mol. The summed E-state index contributed by atoms with van der Waals surface area (Å²) in [6, 6.07) is 7.00. The van der Waals surface area contributed by atoms with E-state index in [0.717, 1.165) is 0 Å². The van der Waals surface area contributed by atoms with Gasteiger partial charge in [-0.25, -0.2) is 4.39 Å². The molecule has 20 heavy (non-hydrogen) atoms. The van der Waals surface area contributed by atoms with Crippen LogP contribution in [0.5, 0.6) is 0 Å². The quantitative estimate of drug-likeness (QED) is 0.647. The highest BCUT2D eigenvalue weighted by molar-refractivity contribution is 8.00. The number of thioether (sulfide) groups is 1. The molecule has 1 N–H and O–H groups in total. The Morgan fingerprint density at radius 1 is 1.50 bits per heavy atom. The third kappa shape index (κ3) is 3.27. The van der Waals surface area contributed by atoms with Crippen molar-refractivity contribution in [2.24, 2.45) is 0 Å². The first kappa shape index (κ1) is 14.3. The van der Waals surface area contributed by atoms with Crippen molar-refractivity contribution in [3.63, 3.8) is 0 Å². The molecule has 0 bridgehead atoms. The molecule has 1 saturated heterocycles. The van der Waals surface area contributed by atoms with E-state index in [1.165, 1.54) is 40.9 Å². The lowest BCUT2D eigenvalue weighted by molar-refractivity contribution is -0.129. The molecule has 0 unspecified atom stereocenters. The summed E-state index contributed by atoms with van der Waals surface area (Å²) in [5.41, 5.74) is 0.612. The van der Waals surface area contributed by atoms with E-state index in [1.54, 1.807) is 0 Å². The molecular weight excluding hydrogens is 281 g/mol. The van der Waals surface area contributed by atoms with Crippen LogP contribution in [0.3, 0.4) is 0 Å². The summed E-state index contributed by atoms with van der Waals surface area (Å²) in [5, 5.41) is 11.0. The second-order valence-electron chi connectivity index (χ2n) is 4.20. The minimum absolute atomic E-state index is 0.161. The zero-order valence-corrected chi connectivity index (χ0v) is 11.3. The minimum atomic E-state index is -0.532. The van der Waals surface area contributed by atoms with Gasteiger partial charge in [0.15, 0.2) is 0 Å². The summed E-state index contributed by atoms with van der Waals surface area (Å²) in [7, 11) is 0. The summed E-state index contributed by atoms with van der Waals surface area (Å²) in [6.07, 6.45) is 0. The van der Waals surface area contributed by atoms with Crippen molar-refractivity contribution in [2.75, 3.05) is 23.0 Å². The van der Waals surface area contributed by atoms with E-state index < -0.39 is 6.04 Å². The number of carbonyl (C=O) groups is 2. The van der Waals surface area contributed by atoms with Crippen LogP contribution < -0.4 is 10.2 Å². The van der Waals surface area contributed by atoms with Crippen LogP contribution in [0.2, 0.25) is 0 Å². The lowest BCUT2D eigenvalue weighted by Gasteiger charge is -2.38. The number of benzene rings is 1. The van der Waals surface area contributed by atoms with Gasteiger partial charge in [0.05, 0.1) is 24.1 Å². The molecule has 1 fully saturated rings. The average molecular weight is 293 g/mol. The number of nitrogens with one attached hydrogen (secondary N) is 1. The van der Waals surface area contributed by atoms with Crippen LogP contribution in [0.1, 0.15) is 0 Å². The Labute approximate surface area is 119 Å². The van der Waals surface area contributed by atoms with Gasteiger partial charge in [0.25, 0.3) is 5.91 Å². The first-order valence-corrected chi connectivity index (χ1v) is 7.08. The third-order valence-electron chi connectivity index (χ3n) is 2.80. The Morgan fingerprint density at radius 2 is 2.20 bits per heavy atom. The first-order valence-electron chi connectivity index (χ1n) is 5.93. The molecule has 2 amide bonds. The Balaban J connectivity index is 1.82. The van der Waals surface area contributed by atoms with Crippen molar-refractivity contribution in [3.8, 4) is 6.07 Å². The molecule has 0 spiro atoms. The fourth-order valence-electron chi connectivity index (χ4n) is 1.81. The van der Waals surface area contributed by atoms with Gasteiger partial charge in [-0.3, -0.25) is 9.59 Å². The largest absolute Gasteiger partial charge is 0.342 e. The van der Waals surface area contributed by atoms with Gasteiger partial charge in [-0.15, -0.1) is 11.8 Å². The van der Waals surface area contributed by atoms with Gasteiger partial charge in [0.1, 0.15) is 11.9 Å². The number of nitriles is 1. The number of anilines is 1. The standard InChI is InChI=1S/C13H12FN3O2S/c14-9-1-3-10(4-2-9)17-7-11(13(17)19)16-12(18)8-20-6-5-15/h1-4,11H,6-8H2,(H,16,18)/t11-/m0/s1. The first-order chi connectivity index (χ1) is 9.61. The highest BCUT2D eigenvalue weighted by Crippen LogP contribution is 2.22. The number of hydrogen-bond acceptors (Lipinski definition) is 4. The van der Waals surface area contributed by atoms with Crippen LogP contribution in [0.4, 0.5) is 10.1 Å². The van der Waals surface area contributed by atoms with Gasteiger partial charge in [-0.2, -0.15) is 5.26 Å². The number of hydrogen-bond donors (Lipinski definition) is 1. The normalized spacial score (nSPS) is 17.3. The molecular formula is C13H12FN3O2S. The van der Waals surface area contributed by atoms with Crippen molar-refractivity contribution in [1.29, 1.82) is 5.26 Å². The minimum Gasteiger partial charge on any atom is -0.342 e. The predicted octanol–water partition coefficient (Wildman–Crippen LogP) is 0.914. The van der Waals surface area contributed by atoms with E-state index >= 15 is 0 Å². The highest BCUT2D eigenvalue weighted by Gasteiger charge is 2.38. The number of carbonyl (C=O) groups excluding carboxylic acids is 2. The van der Waals surface area contributed by atoms with E-state index in [0.29, 0.717) is 12.2 Å². The van der Waals surface area contributed by atoms with E-state index in [4.69, 9.17) is 5.26 Å². The smallest absolute Gasteiger partial charge is 0.251 e. The molecule has 104 valence electrons. The molecule has 1 aliphatic rings. The molecule has 1 aliphatic heterocycles. The van der Waals surface area contributed by atoms with Crippen LogP contribution >= 0.6 is 11.8 Å². The van der Waals surface area contributed by atoms with E-state index in [9.17, 15) is 14.0 Å². The van der Waals surface area contributed by atoms with Crippen LogP contribution in [-0.2, 0) is 9.59 Å². The number of rotatable bonds is 5. The molecule has 1 atom stereocenters. The molecule has 0 aromatic heterocycles. The summed E-state index contributed by atoms with van der Waals surface area (Å²) in [5.74, 6) is -0.430. The van der Waals surface area contributed by atoms with Crippen molar-refractivity contribution in [2.45, 2.75) is 6.04 Å². The lowest BCUT2D eigenvalue weighted by atomic mass is 10.1. The summed E-state index contributed by atoms with van der Waals surface area (Å²) >= 11 is 1.20. The molecule has 5 nitrogen and oxygen atoms in total. The van der Waals surface area contributed by atoms with Crippen LogP contribution in [-0.4, -0.2) is 35.9 Å². The fourth-order valence-corrected chi connectivity index (χ4v) is 2.27. The van der Waals surface area contributed by atoms with E-state index in [2.05, 4.69) is 5.32 Å². The Morgan fingerprint density at radius 3 is 2.80 bits per heavy atom. The summed E-state index contributed by atoms with van der Waals surface area (Å²) in [4.78, 5) is 24.8. The van der Waals surface area contributed by atoms with Crippen LogP contribution in [0.25, 0.3) is 0 Å². The predicted molar refractivity (Wildman–Crippen MR) is 73.6 cm³/mol. The average Bonchev–Trinajstić information content (AvgIpc) is 2.44. The van der Waals surface area contributed by atoms with Crippen molar-refractivity contribution in [3.05, 3.63) is 30.1 Å². The number of β-lactam (4-membered cyclic amide) rings is 1. The van der Waals surface area contributed by atoms with Gasteiger partial charge in [-0.1, -0.05) is 0 Å². The van der Waals surface area contributed by atoms with Gasteiger partial charge < -0.3 is 10.2 Å². The zero-order valence-electron chi connectivity index (χ0n) is 10.5. The SMILES string of the molecule is N#CCSCC(=O)N[C@H]1CN(c2ccc(F)cc2)C1=O. The maximum absolute atomic E-state index is 12.8. The molecule has 2 rings (SSSR count). The number of halogens is 1. The number of amides is 2. The molecule has 1 heterocycles. The van der Waals surface area contributed by atoms with Gasteiger partial charge in [0.2, 0.25) is 5.91 Å².